The Balaban J connectivity index is 2.10. The van der Waals surface area contributed by atoms with Crippen molar-refractivity contribution in [3.8, 4) is 0 Å². The van der Waals surface area contributed by atoms with E-state index >= 15 is 0 Å². The third kappa shape index (κ3) is 2.20. The molecule has 2 heteroatoms. The van der Waals surface area contributed by atoms with E-state index in [-0.39, 0.29) is 17.3 Å². The van der Waals surface area contributed by atoms with Gasteiger partial charge in [0.15, 0.2) is 0 Å². The van der Waals surface area contributed by atoms with Crippen molar-refractivity contribution >= 4 is 0 Å². The Bertz CT molecular complexity index is 369. The number of hydrogen-bond donors (Lipinski definition) is 1. The van der Waals surface area contributed by atoms with Crippen molar-refractivity contribution in [3.63, 3.8) is 0 Å². The monoisotopic (exact) mass is 208 g/mol. The molecule has 15 heavy (non-hydrogen) atoms. The fourth-order valence-corrected chi connectivity index (χ4v) is 1.87. The molecule has 1 N–H and O–H groups in total. The van der Waals surface area contributed by atoms with Gasteiger partial charge < -0.3 is 5.11 Å². The van der Waals surface area contributed by atoms with Crippen LogP contribution in [0.3, 0.4) is 0 Å². The molecular formula is C13H17FO. The van der Waals surface area contributed by atoms with E-state index in [2.05, 4.69) is 6.92 Å². The smallest absolute Gasteiger partial charge is 0.123 e. The largest absolute Gasteiger partial charge is 0.392 e. The minimum atomic E-state index is -0.290. The zero-order valence-electron chi connectivity index (χ0n) is 9.26. The summed E-state index contributed by atoms with van der Waals surface area (Å²) < 4.78 is 12.9. The summed E-state index contributed by atoms with van der Waals surface area (Å²) in [5, 5.41) is 10.0. The molecule has 1 aromatic rings. The highest BCUT2D eigenvalue weighted by molar-refractivity contribution is 5.27. The molecular weight excluding hydrogens is 191 g/mol. The third-order valence-corrected chi connectivity index (χ3v) is 3.56. The molecule has 1 fully saturated rings. The zero-order valence-corrected chi connectivity index (χ0v) is 9.26. The van der Waals surface area contributed by atoms with Gasteiger partial charge >= 0.3 is 0 Å². The maximum Gasteiger partial charge on any atom is 0.123 e. The molecule has 2 rings (SSSR count). The first-order chi connectivity index (χ1) is 7.01. The lowest BCUT2D eigenvalue weighted by atomic mass is 9.93. The molecule has 1 aliphatic carbocycles. The highest BCUT2D eigenvalue weighted by Crippen LogP contribution is 2.48. The number of rotatable bonds is 3. The average Bonchev–Trinajstić information content (AvgIpc) is 2.90. The molecule has 1 unspecified atom stereocenters. The van der Waals surface area contributed by atoms with Crippen LogP contribution >= 0.6 is 0 Å². The van der Waals surface area contributed by atoms with Crippen LogP contribution in [0.2, 0.25) is 0 Å². The first-order valence-electron chi connectivity index (χ1n) is 5.44. The zero-order chi connectivity index (χ0) is 11.1. The fraction of sp³-hybridized carbons (Fsp3) is 0.538. The predicted octanol–water partition coefficient (Wildman–Crippen LogP) is 2.84. The quantitative estimate of drug-likeness (QED) is 0.809. The van der Waals surface area contributed by atoms with Crippen molar-refractivity contribution in [2.45, 2.75) is 39.2 Å². The Morgan fingerprint density at radius 3 is 2.67 bits per heavy atom. The Kier molecular flexibility index (Phi) is 2.55. The van der Waals surface area contributed by atoms with Gasteiger partial charge in [0.2, 0.25) is 0 Å². The van der Waals surface area contributed by atoms with Crippen molar-refractivity contribution in [3.05, 3.63) is 35.1 Å². The summed E-state index contributed by atoms with van der Waals surface area (Å²) in [6, 6.07) is 4.77. The van der Waals surface area contributed by atoms with Gasteiger partial charge in [-0.3, -0.25) is 0 Å². The summed E-state index contributed by atoms with van der Waals surface area (Å²) >= 11 is 0. The molecule has 1 saturated carbocycles. The molecule has 82 valence electrons. The van der Waals surface area contributed by atoms with Gasteiger partial charge in [-0.1, -0.05) is 13.0 Å². The molecule has 1 aromatic carbocycles. The summed E-state index contributed by atoms with van der Waals surface area (Å²) in [6.07, 6.45) is 2.56. The van der Waals surface area contributed by atoms with E-state index in [9.17, 15) is 9.50 Å². The molecule has 1 nitrogen and oxygen atoms in total. The van der Waals surface area contributed by atoms with Gasteiger partial charge in [-0.05, 0) is 54.9 Å². The van der Waals surface area contributed by atoms with Gasteiger partial charge in [0.05, 0.1) is 6.10 Å². The highest BCUT2D eigenvalue weighted by atomic mass is 19.1. The van der Waals surface area contributed by atoms with Gasteiger partial charge in [0, 0.05) is 0 Å². The van der Waals surface area contributed by atoms with E-state index in [1.807, 2.05) is 6.92 Å². The second-order valence-electron chi connectivity index (χ2n) is 4.94. The van der Waals surface area contributed by atoms with Crippen LogP contribution in [0.15, 0.2) is 18.2 Å². The van der Waals surface area contributed by atoms with Crippen LogP contribution < -0.4 is 0 Å². The lowest BCUT2D eigenvalue weighted by molar-refractivity contribution is 0.103. The Morgan fingerprint density at radius 2 is 2.13 bits per heavy atom. The van der Waals surface area contributed by atoms with E-state index in [4.69, 9.17) is 0 Å². The maximum absolute atomic E-state index is 12.9. The van der Waals surface area contributed by atoms with E-state index in [0.717, 1.165) is 24.0 Å². The number of benzene rings is 1. The van der Waals surface area contributed by atoms with Crippen LogP contribution in [0.25, 0.3) is 0 Å². The molecule has 0 bridgehead atoms. The maximum atomic E-state index is 12.9. The molecule has 0 spiro atoms. The van der Waals surface area contributed by atoms with Crippen molar-refractivity contribution in [2.24, 2.45) is 5.41 Å². The highest BCUT2D eigenvalue weighted by Gasteiger charge is 2.43. The topological polar surface area (TPSA) is 20.2 Å². The van der Waals surface area contributed by atoms with Gasteiger partial charge in [0.25, 0.3) is 0 Å². The molecule has 0 heterocycles. The number of aliphatic hydroxyl groups excluding tert-OH is 1. The molecule has 1 aliphatic rings. The standard InChI is InChI=1S/C13H17FO/c1-9-7-11(14)4-3-10(9)8-12(15)13(2)5-6-13/h3-4,7,12,15H,5-6,8H2,1-2H3. The molecule has 0 aromatic heterocycles. The van der Waals surface area contributed by atoms with Crippen LogP contribution in [0.1, 0.15) is 30.9 Å². The SMILES string of the molecule is Cc1cc(F)ccc1CC(O)C1(C)CC1. The molecule has 1 atom stereocenters. The predicted molar refractivity (Wildman–Crippen MR) is 58.2 cm³/mol. The number of aliphatic hydroxyl groups is 1. The van der Waals surface area contributed by atoms with Crippen LogP contribution in [-0.2, 0) is 6.42 Å². The lowest BCUT2D eigenvalue weighted by Gasteiger charge is -2.18. The summed E-state index contributed by atoms with van der Waals surface area (Å²) in [4.78, 5) is 0. The molecule has 0 radical (unpaired) electrons. The first-order valence-corrected chi connectivity index (χ1v) is 5.44. The van der Waals surface area contributed by atoms with E-state index in [0.29, 0.717) is 6.42 Å². The van der Waals surface area contributed by atoms with Crippen molar-refractivity contribution in [1.82, 2.24) is 0 Å². The Hall–Kier alpha value is -0.890. The molecule has 0 saturated heterocycles. The lowest BCUT2D eigenvalue weighted by Crippen LogP contribution is -2.21. The first kappa shape index (κ1) is 10.6. The Morgan fingerprint density at radius 1 is 1.47 bits per heavy atom. The number of aryl methyl sites for hydroxylation is 1. The molecule has 0 aliphatic heterocycles. The van der Waals surface area contributed by atoms with E-state index < -0.39 is 0 Å². The van der Waals surface area contributed by atoms with E-state index in [1.54, 1.807) is 6.07 Å². The van der Waals surface area contributed by atoms with E-state index in [1.165, 1.54) is 12.1 Å². The summed E-state index contributed by atoms with van der Waals surface area (Å²) in [5.74, 6) is -0.205. The van der Waals surface area contributed by atoms with Crippen molar-refractivity contribution in [1.29, 1.82) is 0 Å². The summed E-state index contributed by atoms with van der Waals surface area (Å²) in [6.45, 7) is 4.00. The minimum Gasteiger partial charge on any atom is -0.392 e. The summed E-state index contributed by atoms with van der Waals surface area (Å²) in [7, 11) is 0. The van der Waals surface area contributed by atoms with Gasteiger partial charge in [-0.25, -0.2) is 4.39 Å². The second-order valence-corrected chi connectivity index (χ2v) is 4.94. The number of hydrogen-bond acceptors (Lipinski definition) is 1. The van der Waals surface area contributed by atoms with Gasteiger partial charge in [0.1, 0.15) is 5.82 Å². The van der Waals surface area contributed by atoms with Crippen molar-refractivity contribution in [2.75, 3.05) is 0 Å². The fourth-order valence-electron chi connectivity index (χ4n) is 1.87. The van der Waals surface area contributed by atoms with Gasteiger partial charge in [-0.2, -0.15) is 0 Å². The third-order valence-electron chi connectivity index (χ3n) is 3.56. The van der Waals surface area contributed by atoms with Crippen LogP contribution in [0.4, 0.5) is 4.39 Å². The average molecular weight is 208 g/mol. The summed E-state index contributed by atoms with van der Waals surface area (Å²) in [5.41, 5.74) is 2.09. The molecule has 0 amide bonds. The van der Waals surface area contributed by atoms with Crippen LogP contribution in [-0.4, -0.2) is 11.2 Å². The van der Waals surface area contributed by atoms with Crippen LogP contribution in [0.5, 0.6) is 0 Å². The second kappa shape index (κ2) is 3.60. The minimum absolute atomic E-state index is 0.112. The van der Waals surface area contributed by atoms with Crippen molar-refractivity contribution < 1.29 is 9.50 Å². The normalized spacial score (nSPS) is 20.0. The Labute approximate surface area is 89.9 Å². The van der Waals surface area contributed by atoms with Crippen LogP contribution in [0, 0.1) is 18.2 Å². The van der Waals surface area contributed by atoms with Gasteiger partial charge in [-0.15, -0.1) is 0 Å². The number of halogens is 1.